The molecular weight excluding hydrogens is 148 g/mol. The third-order valence-electron chi connectivity index (χ3n) is 1.83. The first kappa shape index (κ1) is 11.3. The Bertz CT molecular complexity index is 165. The molecule has 0 N–H and O–H groups in total. The predicted octanol–water partition coefficient (Wildman–Crippen LogP) is 4.21. The normalized spacial score (nSPS) is 11.7. The van der Waals surface area contributed by atoms with Gasteiger partial charge in [0.05, 0.1) is 12.5 Å². The summed E-state index contributed by atoms with van der Waals surface area (Å²) >= 11 is 0. The maximum atomic E-state index is 4.98. The third kappa shape index (κ3) is 3.61. The van der Waals surface area contributed by atoms with Crippen LogP contribution in [0.5, 0.6) is 0 Å². The van der Waals surface area contributed by atoms with Crippen molar-refractivity contribution < 1.29 is 4.42 Å². The van der Waals surface area contributed by atoms with Gasteiger partial charge < -0.3 is 4.42 Å². The Kier molecular flexibility index (Phi) is 6.54. The molecule has 0 fully saturated rings. The lowest BCUT2D eigenvalue weighted by Gasteiger charge is -2.04. The van der Waals surface area contributed by atoms with Crippen molar-refractivity contribution in [3.8, 4) is 0 Å². The van der Waals surface area contributed by atoms with Gasteiger partial charge in [-0.3, -0.25) is 0 Å². The molecule has 0 saturated carbocycles. The van der Waals surface area contributed by atoms with Crippen molar-refractivity contribution in [1.82, 2.24) is 0 Å². The first-order chi connectivity index (χ1) is 5.84. The smallest absolute Gasteiger partial charge is 0.0937 e. The second-order valence-corrected chi connectivity index (χ2v) is 2.75. The molecule has 1 rings (SSSR count). The molecule has 1 atom stereocenters. The van der Waals surface area contributed by atoms with Gasteiger partial charge in [-0.2, -0.15) is 0 Å². The van der Waals surface area contributed by atoms with E-state index in [1.165, 1.54) is 18.4 Å². The molecule has 1 aromatic heterocycles. The van der Waals surface area contributed by atoms with E-state index in [0.29, 0.717) is 5.92 Å². The summed E-state index contributed by atoms with van der Waals surface area (Å²) in [6, 6.07) is 2.04. The van der Waals surface area contributed by atoms with Crippen LogP contribution < -0.4 is 0 Å². The van der Waals surface area contributed by atoms with Gasteiger partial charge in [0.25, 0.3) is 0 Å². The monoisotopic (exact) mass is 168 g/mol. The average molecular weight is 168 g/mol. The Morgan fingerprint density at radius 1 is 1.42 bits per heavy atom. The lowest BCUT2D eigenvalue weighted by atomic mass is 10.00. The average Bonchev–Trinajstić information content (AvgIpc) is 2.60. The highest BCUT2D eigenvalue weighted by molar-refractivity contribution is 5.10. The standard InChI is InChI=1S/C9H14O.C2H6/c1-3-4-8(2)9-5-6-10-7-9;1-2/h5-8H,3-4H2,1-2H3;1-2H3. The minimum atomic E-state index is 0.656. The fourth-order valence-electron chi connectivity index (χ4n) is 1.16. The van der Waals surface area contributed by atoms with E-state index in [-0.39, 0.29) is 0 Å². The molecule has 0 aliphatic rings. The van der Waals surface area contributed by atoms with Crippen molar-refractivity contribution in [1.29, 1.82) is 0 Å². The minimum Gasteiger partial charge on any atom is -0.472 e. The van der Waals surface area contributed by atoms with Gasteiger partial charge in [-0.05, 0) is 24.0 Å². The molecule has 0 radical (unpaired) electrons. The topological polar surface area (TPSA) is 13.1 Å². The van der Waals surface area contributed by atoms with E-state index < -0.39 is 0 Å². The highest BCUT2D eigenvalue weighted by Gasteiger charge is 2.03. The van der Waals surface area contributed by atoms with E-state index in [9.17, 15) is 0 Å². The van der Waals surface area contributed by atoms with E-state index >= 15 is 0 Å². The summed E-state index contributed by atoms with van der Waals surface area (Å²) < 4.78 is 4.98. The summed E-state index contributed by atoms with van der Waals surface area (Å²) in [5.41, 5.74) is 1.32. The molecule has 1 nitrogen and oxygen atoms in total. The van der Waals surface area contributed by atoms with Crippen LogP contribution in [0.25, 0.3) is 0 Å². The van der Waals surface area contributed by atoms with Crippen molar-refractivity contribution in [2.45, 2.75) is 46.5 Å². The van der Waals surface area contributed by atoms with Crippen LogP contribution >= 0.6 is 0 Å². The van der Waals surface area contributed by atoms with E-state index in [4.69, 9.17) is 4.42 Å². The molecular formula is C11H20O. The van der Waals surface area contributed by atoms with Crippen LogP contribution in [0.15, 0.2) is 23.0 Å². The highest BCUT2D eigenvalue weighted by atomic mass is 16.3. The Labute approximate surface area is 75.8 Å². The van der Waals surface area contributed by atoms with Crippen LogP contribution in [0.3, 0.4) is 0 Å². The molecule has 0 amide bonds. The minimum absolute atomic E-state index is 0.656. The third-order valence-corrected chi connectivity index (χ3v) is 1.83. The Morgan fingerprint density at radius 3 is 2.50 bits per heavy atom. The van der Waals surface area contributed by atoms with E-state index in [1.54, 1.807) is 6.26 Å². The Morgan fingerprint density at radius 2 is 2.08 bits per heavy atom. The second-order valence-electron chi connectivity index (χ2n) is 2.75. The fraction of sp³-hybridized carbons (Fsp3) is 0.636. The van der Waals surface area contributed by atoms with Crippen LogP contribution in [-0.4, -0.2) is 0 Å². The van der Waals surface area contributed by atoms with Crippen LogP contribution in [0.4, 0.5) is 0 Å². The van der Waals surface area contributed by atoms with Gasteiger partial charge in [0.15, 0.2) is 0 Å². The van der Waals surface area contributed by atoms with Crippen molar-refractivity contribution in [2.24, 2.45) is 0 Å². The molecule has 0 spiro atoms. The first-order valence-electron chi connectivity index (χ1n) is 4.86. The van der Waals surface area contributed by atoms with E-state index in [1.807, 2.05) is 26.2 Å². The van der Waals surface area contributed by atoms with Crippen LogP contribution in [-0.2, 0) is 0 Å². The SMILES string of the molecule is CC.CCCC(C)c1ccoc1. The molecule has 1 aromatic rings. The number of rotatable bonds is 3. The van der Waals surface area contributed by atoms with Crippen LogP contribution in [0.2, 0.25) is 0 Å². The van der Waals surface area contributed by atoms with Crippen molar-refractivity contribution in [3.63, 3.8) is 0 Å². The summed E-state index contributed by atoms with van der Waals surface area (Å²) in [5, 5.41) is 0. The number of furan rings is 1. The number of hydrogen-bond donors (Lipinski definition) is 0. The number of hydrogen-bond acceptors (Lipinski definition) is 1. The largest absolute Gasteiger partial charge is 0.472 e. The molecule has 0 saturated heterocycles. The summed E-state index contributed by atoms with van der Waals surface area (Å²) in [6.07, 6.45) is 6.06. The highest BCUT2D eigenvalue weighted by Crippen LogP contribution is 2.19. The maximum absolute atomic E-state index is 4.98. The maximum Gasteiger partial charge on any atom is 0.0937 e. The molecule has 0 aliphatic carbocycles. The lowest BCUT2D eigenvalue weighted by Crippen LogP contribution is -1.88. The van der Waals surface area contributed by atoms with Gasteiger partial charge in [0.1, 0.15) is 0 Å². The molecule has 12 heavy (non-hydrogen) atoms. The quantitative estimate of drug-likeness (QED) is 0.659. The van der Waals surface area contributed by atoms with Gasteiger partial charge in [0, 0.05) is 0 Å². The zero-order valence-electron chi connectivity index (χ0n) is 8.63. The Balaban J connectivity index is 0.000000561. The van der Waals surface area contributed by atoms with Crippen LogP contribution in [0.1, 0.15) is 52.0 Å². The van der Waals surface area contributed by atoms with Gasteiger partial charge in [-0.25, -0.2) is 0 Å². The molecule has 0 aliphatic heterocycles. The van der Waals surface area contributed by atoms with Crippen LogP contribution in [0, 0.1) is 0 Å². The lowest BCUT2D eigenvalue weighted by molar-refractivity contribution is 0.556. The van der Waals surface area contributed by atoms with Crippen molar-refractivity contribution >= 4 is 0 Å². The van der Waals surface area contributed by atoms with E-state index in [2.05, 4.69) is 13.8 Å². The molecule has 0 aromatic carbocycles. The predicted molar refractivity (Wildman–Crippen MR) is 53.4 cm³/mol. The zero-order chi connectivity index (χ0) is 9.40. The zero-order valence-corrected chi connectivity index (χ0v) is 8.63. The van der Waals surface area contributed by atoms with Crippen molar-refractivity contribution in [2.75, 3.05) is 0 Å². The molecule has 1 heterocycles. The van der Waals surface area contributed by atoms with E-state index in [0.717, 1.165) is 0 Å². The molecule has 1 heteroatoms. The molecule has 70 valence electrons. The fourth-order valence-corrected chi connectivity index (χ4v) is 1.16. The Hall–Kier alpha value is -0.720. The van der Waals surface area contributed by atoms with Gasteiger partial charge in [0.2, 0.25) is 0 Å². The van der Waals surface area contributed by atoms with Gasteiger partial charge in [-0.15, -0.1) is 0 Å². The second kappa shape index (κ2) is 6.96. The summed E-state index contributed by atoms with van der Waals surface area (Å²) in [4.78, 5) is 0. The summed E-state index contributed by atoms with van der Waals surface area (Å²) in [7, 11) is 0. The molecule has 1 unspecified atom stereocenters. The van der Waals surface area contributed by atoms with Gasteiger partial charge >= 0.3 is 0 Å². The van der Waals surface area contributed by atoms with Crippen molar-refractivity contribution in [3.05, 3.63) is 24.2 Å². The van der Waals surface area contributed by atoms with Gasteiger partial charge in [-0.1, -0.05) is 34.1 Å². The summed E-state index contributed by atoms with van der Waals surface area (Å²) in [5.74, 6) is 0.656. The summed E-state index contributed by atoms with van der Waals surface area (Å²) in [6.45, 7) is 8.44. The molecule has 0 bridgehead atoms. The first-order valence-corrected chi connectivity index (χ1v) is 4.86.